The molecule has 2 amide bonds. The molecule has 1 saturated carbocycles. The first-order valence-electron chi connectivity index (χ1n) is 8.34. The highest BCUT2D eigenvalue weighted by Crippen LogP contribution is 2.29. The van der Waals surface area contributed by atoms with Crippen LogP contribution in [0.1, 0.15) is 48.9 Å². The molecule has 1 aliphatic heterocycles. The van der Waals surface area contributed by atoms with Crippen LogP contribution in [0.25, 0.3) is 0 Å². The summed E-state index contributed by atoms with van der Waals surface area (Å²) in [5.74, 6) is 0.339. The molecule has 2 heterocycles. The predicted molar refractivity (Wildman–Crippen MR) is 88.3 cm³/mol. The van der Waals surface area contributed by atoms with Crippen molar-refractivity contribution >= 4 is 23.4 Å². The minimum absolute atomic E-state index is 0.0369. The van der Waals surface area contributed by atoms with Gasteiger partial charge in [-0.25, -0.2) is 0 Å². The summed E-state index contributed by atoms with van der Waals surface area (Å²) in [6, 6.07) is 1.24. The van der Waals surface area contributed by atoms with E-state index in [1.807, 2.05) is 0 Å². The number of nitrogens with zero attached hydrogens (tertiary/aromatic N) is 2. The van der Waals surface area contributed by atoms with Crippen LogP contribution in [0, 0.1) is 5.92 Å². The van der Waals surface area contributed by atoms with Crippen molar-refractivity contribution in [3.63, 3.8) is 0 Å². The number of amides is 2. The Hall–Kier alpha value is -1.62. The van der Waals surface area contributed by atoms with Crippen molar-refractivity contribution < 1.29 is 9.59 Å². The monoisotopic (exact) mass is 335 g/mol. The minimum Gasteiger partial charge on any atom is -0.353 e. The number of carbonyl (C=O) groups excluding carboxylic acids is 2. The third-order valence-corrected chi connectivity index (χ3v) is 5.03. The first-order chi connectivity index (χ1) is 11.1. The number of hydrogen-bond donors (Lipinski definition) is 1. The number of nitrogens with one attached hydrogen (secondary N) is 1. The van der Waals surface area contributed by atoms with Crippen LogP contribution in [0.5, 0.6) is 0 Å². The third kappa shape index (κ3) is 3.83. The normalized spacial score (nSPS) is 22.7. The number of carbonyl (C=O) groups is 2. The van der Waals surface area contributed by atoms with Gasteiger partial charge in [0.2, 0.25) is 5.91 Å². The van der Waals surface area contributed by atoms with Crippen molar-refractivity contribution in [1.82, 2.24) is 15.2 Å². The van der Waals surface area contributed by atoms with E-state index in [2.05, 4.69) is 10.3 Å². The van der Waals surface area contributed by atoms with Crippen LogP contribution >= 0.6 is 11.6 Å². The maximum Gasteiger partial charge on any atom is 0.256 e. The van der Waals surface area contributed by atoms with Gasteiger partial charge in [0.05, 0.1) is 10.6 Å². The summed E-state index contributed by atoms with van der Waals surface area (Å²) >= 11 is 5.94. The molecule has 3 rings (SSSR count). The van der Waals surface area contributed by atoms with Gasteiger partial charge in [-0.1, -0.05) is 43.7 Å². The molecule has 0 spiro atoms. The maximum absolute atomic E-state index is 12.8. The fraction of sp³-hybridized carbons (Fsp3) is 0.588. The van der Waals surface area contributed by atoms with Gasteiger partial charge >= 0.3 is 0 Å². The van der Waals surface area contributed by atoms with Crippen molar-refractivity contribution in [2.45, 2.75) is 44.6 Å². The van der Waals surface area contributed by atoms with Crippen LogP contribution in [-0.2, 0) is 4.79 Å². The standard InChI is InChI=1S/C17H22ClN3O2/c18-14-9-13(10-19-11-14)17(23)21-7-6-20-16(22)15(21)8-12-4-2-1-3-5-12/h9-12,15H,1-8H2,(H,20,22)/t15-/m0/s1. The molecule has 1 aliphatic carbocycles. The highest BCUT2D eigenvalue weighted by Gasteiger charge is 2.35. The highest BCUT2D eigenvalue weighted by atomic mass is 35.5. The second-order valence-corrected chi connectivity index (χ2v) is 6.87. The summed E-state index contributed by atoms with van der Waals surface area (Å²) in [5.41, 5.74) is 0.445. The summed E-state index contributed by atoms with van der Waals surface area (Å²) in [6.45, 7) is 1.04. The lowest BCUT2D eigenvalue weighted by Crippen LogP contribution is -2.57. The van der Waals surface area contributed by atoms with Crippen LogP contribution in [0.3, 0.4) is 0 Å². The minimum atomic E-state index is -0.377. The molecule has 1 aromatic heterocycles. The Labute approximate surface area is 141 Å². The third-order valence-electron chi connectivity index (χ3n) is 4.82. The number of aromatic nitrogens is 1. The van der Waals surface area contributed by atoms with Crippen molar-refractivity contribution in [2.24, 2.45) is 5.92 Å². The molecular weight excluding hydrogens is 314 g/mol. The van der Waals surface area contributed by atoms with Gasteiger partial charge < -0.3 is 10.2 Å². The average Bonchev–Trinajstić information content (AvgIpc) is 2.57. The Morgan fingerprint density at radius 1 is 1.30 bits per heavy atom. The zero-order valence-electron chi connectivity index (χ0n) is 13.1. The van der Waals surface area contributed by atoms with Crippen LogP contribution in [-0.4, -0.2) is 40.8 Å². The molecule has 1 N–H and O–H groups in total. The Morgan fingerprint density at radius 2 is 2.09 bits per heavy atom. The molecule has 0 radical (unpaired) electrons. The van der Waals surface area contributed by atoms with Gasteiger partial charge in [-0.2, -0.15) is 0 Å². The summed E-state index contributed by atoms with van der Waals surface area (Å²) in [6.07, 6.45) is 9.82. The molecule has 1 saturated heterocycles. The Morgan fingerprint density at radius 3 is 2.83 bits per heavy atom. The van der Waals surface area contributed by atoms with Gasteiger partial charge in [-0.05, 0) is 18.4 Å². The zero-order chi connectivity index (χ0) is 16.2. The highest BCUT2D eigenvalue weighted by molar-refractivity contribution is 6.30. The lowest BCUT2D eigenvalue weighted by atomic mass is 9.84. The first kappa shape index (κ1) is 16.2. The van der Waals surface area contributed by atoms with Gasteiger partial charge in [-0.15, -0.1) is 0 Å². The molecule has 2 fully saturated rings. The molecule has 124 valence electrons. The average molecular weight is 336 g/mol. The summed E-state index contributed by atoms with van der Waals surface area (Å²) in [7, 11) is 0. The van der Waals surface area contributed by atoms with Gasteiger partial charge in [0, 0.05) is 25.5 Å². The molecule has 0 unspecified atom stereocenters. The van der Waals surface area contributed by atoms with E-state index >= 15 is 0 Å². The van der Waals surface area contributed by atoms with Gasteiger partial charge in [0.25, 0.3) is 5.91 Å². The smallest absolute Gasteiger partial charge is 0.256 e. The van der Waals surface area contributed by atoms with E-state index in [1.165, 1.54) is 31.7 Å². The van der Waals surface area contributed by atoms with Gasteiger partial charge in [-0.3, -0.25) is 14.6 Å². The summed E-state index contributed by atoms with van der Waals surface area (Å²) < 4.78 is 0. The van der Waals surface area contributed by atoms with E-state index in [1.54, 1.807) is 11.0 Å². The van der Waals surface area contributed by atoms with E-state index in [0.29, 0.717) is 29.6 Å². The Bertz CT molecular complexity index is 587. The van der Waals surface area contributed by atoms with E-state index in [0.717, 1.165) is 19.3 Å². The first-order valence-corrected chi connectivity index (χ1v) is 8.72. The van der Waals surface area contributed by atoms with Crippen molar-refractivity contribution in [3.05, 3.63) is 29.0 Å². The molecule has 1 aromatic rings. The van der Waals surface area contributed by atoms with Crippen LogP contribution in [0.15, 0.2) is 18.5 Å². The largest absolute Gasteiger partial charge is 0.353 e. The zero-order valence-corrected chi connectivity index (χ0v) is 13.9. The van der Waals surface area contributed by atoms with Crippen LogP contribution in [0.2, 0.25) is 5.02 Å². The number of hydrogen-bond acceptors (Lipinski definition) is 3. The fourth-order valence-corrected chi connectivity index (χ4v) is 3.80. The predicted octanol–water partition coefficient (Wildman–Crippen LogP) is 2.65. The number of halogens is 1. The molecule has 6 heteroatoms. The van der Waals surface area contributed by atoms with E-state index in [4.69, 9.17) is 11.6 Å². The van der Waals surface area contributed by atoms with Crippen LogP contribution < -0.4 is 5.32 Å². The molecule has 5 nitrogen and oxygen atoms in total. The van der Waals surface area contributed by atoms with E-state index < -0.39 is 0 Å². The maximum atomic E-state index is 12.8. The molecule has 23 heavy (non-hydrogen) atoms. The SMILES string of the molecule is O=C1NCCN(C(=O)c2cncc(Cl)c2)[C@H]1CC1CCCCC1. The van der Waals surface area contributed by atoms with Crippen LogP contribution in [0.4, 0.5) is 0 Å². The Balaban J connectivity index is 1.76. The van der Waals surface area contributed by atoms with E-state index in [-0.39, 0.29) is 17.9 Å². The number of piperazine rings is 1. The van der Waals surface area contributed by atoms with Crippen molar-refractivity contribution in [3.8, 4) is 0 Å². The Kier molecular flexibility index (Phi) is 5.16. The van der Waals surface area contributed by atoms with Crippen molar-refractivity contribution in [1.29, 1.82) is 0 Å². The molecular formula is C17H22ClN3O2. The lowest BCUT2D eigenvalue weighted by Gasteiger charge is -2.37. The molecule has 1 atom stereocenters. The summed E-state index contributed by atoms with van der Waals surface area (Å²) in [4.78, 5) is 30.8. The topological polar surface area (TPSA) is 62.3 Å². The van der Waals surface area contributed by atoms with Gasteiger partial charge in [0.1, 0.15) is 6.04 Å². The second kappa shape index (κ2) is 7.30. The van der Waals surface area contributed by atoms with Gasteiger partial charge in [0.15, 0.2) is 0 Å². The molecule has 0 aromatic carbocycles. The van der Waals surface area contributed by atoms with E-state index in [9.17, 15) is 9.59 Å². The summed E-state index contributed by atoms with van der Waals surface area (Å²) in [5, 5.41) is 3.33. The molecule has 0 bridgehead atoms. The second-order valence-electron chi connectivity index (χ2n) is 6.44. The fourth-order valence-electron chi connectivity index (χ4n) is 3.63. The quantitative estimate of drug-likeness (QED) is 0.923. The lowest BCUT2D eigenvalue weighted by molar-refractivity contribution is -0.128. The number of pyridine rings is 1. The number of rotatable bonds is 3. The molecule has 2 aliphatic rings. The van der Waals surface area contributed by atoms with Crippen molar-refractivity contribution in [2.75, 3.05) is 13.1 Å².